The molecule has 6 bridgehead atoms. The van der Waals surface area contributed by atoms with Crippen LogP contribution in [-0.4, -0.2) is 38.5 Å². The van der Waals surface area contributed by atoms with Crippen LogP contribution in [-0.2, 0) is 38.5 Å². The lowest BCUT2D eigenvalue weighted by molar-refractivity contribution is 0.0697. The molecule has 0 fully saturated rings. The zero-order valence-electron chi connectivity index (χ0n) is 24.4. The van der Waals surface area contributed by atoms with Crippen molar-refractivity contribution >= 4 is 29.8 Å². The van der Waals surface area contributed by atoms with Crippen LogP contribution in [0.15, 0.2) is 28.2 Å². The van der Waals surface area contributed by atoms with Gasteiger partial charge in [0.05, 0.1) is 40.8 Å². The van der Waals surface area contributed by atoms with Gasteiger partial charge in [-0.1, -0.05) is 27.7 Å². The lowest BCUT2D eigenvalue weighted by atomic mass is 9.98. The summed E-state index contributed by atoms with van der Waals surface area (Å²) in [5, 5.41) is 9.61. The number of aliphatic imine (C=N–C) groups is 2. The molecule has 1 aliphatic rings. The number of fused-ring (bicyclic) bond motifs is 7. The number of carboxylic acids is 1. The monoisotopic (exact) mass is 537 g/mol. The van der Waals surface area contributed by atoms with E-state index in [1.807, 2.05) is 12.4 Å². The van der Waals surface area contributed by atoms with Crippen molar-refractivity contribution in [3.8, 4) is 0 Å². The molecule has 7 nitrogen and oxygen atoms in total. The third kappa shape index (κ3) is 4.85. The van der Waals surface area contributed by atoms with Gasteiger partial charge in [-0.3, -0.25) is 9.98 Å². The molecule has 4 N–H and O–H groups in total. The molecule has 40 heavy (non-hydrogen) atoms. The summed E-state index contributed by atoms with van der Waals surface area (Å²) in [6.45, 7) is 13.1. The highest BCUT2D eigenvalue weighted by atomic mass is 16.4. The smallest absolute Gasteiger partial charge is 0.335 e. The van der Waals surface area contributed by atoms with Gasteiger partial charge in [-0.05, 0) is 91.1 Å². The molecule has 5 rings (SSSR count). The molecule has 1 aliphatic heterocycles. The predicted octanol–water partition coefficient (Wildman–Crippen LogP) is 7.23. The van der Waals surface area contributed by atoms with Gasteiger partial charge >= 0.3 is 5.97 Å². The maximum absolute atomic E-state index is 11.7. The molecule has 7 heteroatoms. The molecule has 0 amide bonds. The fourth-order valence-electron chi connectivity index (χ4n) is 6.30. The second kappa shape index (κ2) is 11.2. The van der Waals surface area contributed by atoms with E-state index >= 15 is 0 Å². The standard InChI is InChI=1S/C33H39N5O2/c1-7-21-18(5)31-16-34-25-12-11-20(33(39)40)13-30(25)35-17-32-19(6)22(8-2)27(38-32)15-29-24(10-4)23(9-3)28(36-29)14-26(21)37-31/h11-13,16-17,36-38H,7-10,14-15H2,1-6H3,(H,39,40). The van der Waals surface area contributed by atoms with Crippen molar-refractivity contribution in [3.05, 3.63) is 91.3 Å². The van der Waals surface area contributed by atoms with E-state index in [1.54, 1.807) is 18.2 Å². The first-order chi connectivity index (χ1) is 19.3. The van der Waals surface area contributed by atoms with Crippen LogP contribution in [0.4, 0.5) is 11.4 Å². The van der Waals surface area contributed by atoms with Crippen LogP contribution >= 0.6 is 0 Å². The average Bonchev–Trinajstić information content (AvgIpc) is 3.54. The van der Waals surface area contributed by atoms with Crippen LogP contribution in [0.2, 0.25) is 0 Å². The Hall–Kier alpha value is -4.13. The molecule has 0 saturated carbocycles. The molecule has 3 aromatic heterocycles. The first-order valence-electron chi connectivity index (χ1n) is 14.4. The van der Waals surface area contributed by atoms with Crippen LogP contribution in [0.5, 0.6) is 0 Å². The SMILES string of the molecule is CCc1c2[nH]c(c1C)C=Nc1ccc(C(=O)O)cc1N=Cc1[nH]c(c(CC)c1C)Cc1[nH]c(c(CC)c1CC)C2. The number of hydrogen-bond acceptors (Lipinski definition) is 3. The van der Waals surface area contributed by atoms with E-state index in [0.29, 0.717) is 11.4 Å². The van der Waals surface area contributed by atoms with E-state index in [-0.39, 0.29) is 5.56 Å². The van der Waals surface area contributed by atoms with Gasteiger partial charge in [-0.25, -0.2) is 4.79 Å². The Balaban J connectivity index is 1.75. The molecule has 0 spiro atoms. The van der Waals surface area contributed by atoms with Gasteiger partial charge in [0.1, 0.15) is 0 Å². The molecule has 4 heterocycles. The number of benzene rings is 1. The quantitative estimate of drug-likeness (QED) is 0.190. The maximum Gasteiger partial charge on any atom is 0.335 e. The lowest BCUT2D eigenvalue weighted by Gasteiger charge is -2.06. The van der Waals surface area contributed by atoms with Crippen molar-refractivity contribution in [2.75, 3.05) is 0 Å². The summed E-state index contributed by atoms with van der Waals surface area (Å²) in [4.78, 5) is 32.4. The minimum Gasteiger partial charge on any atom is -0.478 e. The Bertz CT molecular complexity index is 1640. The van der Waals surface area contributed by atoms with Crippen LogP contribution < -0.4 is 0 Å². The number of nitrogens with one attached hydrogen (secondary N) is 3. The fourth-order valence-corrected chi connectivity index (χ4v) is 6.30. The maximum atomic E-state index is 11.7. The second-order valence-corrected chi connectivity index (χ2v) is 10.6. The van der Waals surface area contributed by atoms with E-state index in [4.69, 9.17) is 9.98 Å². The highest BCUT2D eigenvalue weighted by molar-refractivity contribution is 5.92. The number of carbonyl (C=O) groups is 1. The summed E-state index contributed by atoms with van der Waals surface area (Å²) < 4.78 is 0. The Kier molecular flexibility index (Phi) is 7.66. The highest BCUT2D eigenvalue weighted by Crippen LogP contribution is 2.32. The Labute approximate surface area is 235 Å². The first kappa shape index (κ1) is 27.4. The van der Waals surface area contributed by atoms with Crippen LogP contribution in [0.3, 0.4) is 0 Å². The molecule has 0 radical (unpaired) electrons. The summed E-state index contributed by atoms with van der Waals surface area (Å²) in [6.07, 6.45) is 9.07. The van der Waals surface area contributed by atoms with Crippen molar-refractivity contribution in [1.82, 2.24) is 15.0 Å². The van der Waals surface area contributed by atoms with Gasteiger partial charge < -0.3 is 20.1 Å². The molecule has 0 aliphatic carbocycles. The summed E-state index contributed by atoms with van der Waals surface area (Å²) in [6, 6.07) is 4.89. The van der Waals surface area contributed by atoms with E-state index in [1.165, 1.54) is 56.2 Å². The van der Waals surface area contributed by atoms with Gasteiger partial charge in [0, 0.05) is 35.6 Å². The number of nitrogens with zero attached hydrogens (tertiary/aromatic N) is 2. The summed E-state index contributed by atoms with van der Waals surface area (Å²) >= 11 is 0. The molecule has 0 atom stereocenters. The number of aromatic carboxylic acids is 1. The Morgan fingerprint density at radius 3 is 1.60 bits per heavy atom. The topological polar surface area (TPSA) is 109 Å². The lowest BCUT2D eigenvalue weighted by Crippen LogP contribution is -1.98. The molecular weight excluding hydrogens is 498 g/mol. The molecule has 0 saturated heterocycles. The molecule has 4 aromatic rings. The predicted molar refractivity (Wildman–Crippen MR) is 163 cm³/mol. The number of hydrogen-bond donors (Lipinski definition) is 4. The Morgan fingerprint density at radius 2 is 1.15 bits per heavy atom. The fraction of sp³-hybridized carbons (Fsp3) is 0.364. The number of aromatic nitrogens is 3. The number of H-pyrrole nitrogens is 3. The highest BCUT2D eigenvalue weighted by Gasteiger charge is 2.21. The largest absolute Gasteiger partial charge is 0.478 e. The van der Waals surface area contributed by atoms with Crippen LogP contribution in [0.25, 0.3) is 0 Å². The van der Waals surface area contributed by atoms with E-state index in [0.717, 1.165) is 49.9 Å². The van der Waals surface area contributed by atoms with Crippen molar-refractivity contribution in [2.24, 2.45) is 9.98 Å². The number of aromatic amines is 3. The number of rotatable bonds is 5. The third-order valence-corrected chi connectivity index (χ3v) is 8.42. The van der Waals surface area contributed by atoms with Crippen molar-refractivity contribution in [1.29, 1.82) is 0 Å². The summed E-state index contributed by atoms with van der Waals surface area (Å²) in [5.74, 6) is -0.988. The van der Waals surface area contributed by atoms with Crippen LogP contribution in [0, 0.1) is 13.8 Å². The van der Waals surface area contributed by atoms with E-state index in [9.17, 15) is 9.90 Å². The zero-order chi connectivity index (χ0) is 28.6. The zero-order valence-corrected chi connectivity index (χ0v) is 24.4. The van der Waals surface area contributed by atoms with Crippen molar-refractivity contribution < 1.29 is 9.90 Å². The molecule has 0 unspecified atom stereocenters. The normalized spacial score (nSPS) is 12.9. The molecule has 208 valence electrons. The minimum atomic E-state index is -0.988. The van der Waals surface area contributed by atoms with E-state index < -0.39 is 5.97 Å². The molecular formula is C33H39N5O2. The summed E-state index contributed by atoms with van der Waals surface area (Å²) in [5.41, 5.74) is 16.0. The molecule has 1 aromatic carbocycles. The van der Waals surface area contributed by atoms with Gasteiger partial charge in [0.2, 0.25) is 0 Å². The number of carboxylic acid groups (broad SMARTS) is 1. The van der Waals surface area contributed by atoms with Crippen molar-refractivity contribution in [2.45, 2.75) is 80.1 Å². The van der Waals surface area contributed by atoms with Gasteiger partial charge in [0.25, 0.3) is 0 Å². The van der Waals surface area contributed by atoms with E-state index in [2.05, 4.69) is 56.5 Å². The minimum absolute atomic E-state index is 0.183. The summed E-state index contributed by atoms with van der Waals surface area (Å²) in [7, 11) is 0. The van der Waals surface area contributed by atoms with Gasteiger partial charge in [0.15, 0.2) is 0 Å². The Morgan fingerprint density at radius 1 is 0.700 bits per heavy atom. The van der Waals surface area contributed by atoms with Crippen molar-refractivity contribution in [3.63, 3.8) is 0 Å². The second-order valence-electron chi connectivity index (χ2n) is 10.6. The average molecular weight is 538 g/mol. The first-order valence-corrected chi connectivity index (χ1v) is 14.4. The van der Waals surface area contributed by atoms with Crippen LogP contribution in [0.1, 0.15) is 106 Å². The van der Waals surface area contributed by atoms with Gasteiger partial charge in [-0.2, -0.15) is 0 Å². The third-order valence-electron chi connectivity index (χ3n) is 8.42. The van der Waals surface area contributed by atoms with Gasteiger partial charge in [-0.15, -0.1) is 0 Å².